The average Bonchev–Trinajstić information content (AvgIpc) is 0.964. The van der Waals surface area contributed by atoms with Crippen LogP contribution in [0.1, 0.15) is 63.4 Å². The third kappa shape index (κ3) is 8.70. The van der Waals surface area contributed by atoms with E-state index >= 15 is 0 Å². The number of benzene rings is 11. The molecule has 1 aliphatic rings. The summed E-state index contributed by atoms with van der Waals surface area (Å²) in [6, 6.07) is 31.0. The minimum Gasteiger partial charge on any atom is -0.509 e. The van der Waals surface area contributed by atoms with E-state index in [-0.39, 0.29) is 54.4 Å². The van der Waals surface area contributed by atoms with Gasteiger partial charge in [-0.2, -0.15) is 16.7 Å². The summed E-state index contributed by atoms with van der Waals surface area (Å²) in [7, 11) is -5.72. The molecule has 0 unspecified atom stereocenters. The van der Waals surface area contributed by atoms with Gasteiger partial charge >= 0.3 is 0 Å². The van der Waals surface area contributed by atoms with Crippen molar-refractivity contribution in [3.05, 3.63) is 296 Å². The van der Waals surface area contributed by atoms with Gasteiger partial charge in [-0.25, -0.2) is 9.55 Å². The Morgan fingerprint density at radius 1 is 0.524 bits per heavy atom. The fourth-order valence-corrected chi connectivity index (χ4v) is 15.6. The third-order valence-electron chi connectivity index (χ3n) is 15.3. The van der Waals surface area contributed by atoms with Gasteiger partial charge in [0, 0.05) is 70.8 Å². The first-order valence-electron chi connectivity index (χ1n) is 38.1. The zero-order chi connectivity index (χ0) is 75.7. The second-order valence-electron chi connectivity index (χ2n) is 21.1. The molecule has 1 aliphatic heterocycles. The van der Waals surface area contributed by atoms with E-state index in [1.807, 2.05) is 101 Å². The van der Waals surface area contributed by atoms with Crippen molar-refractivity contribution in [2.24, 2.45) is 0 Å². The molecular weight excluding hydrogens is 1220 g/mol. The van der Waals surface area contributed by atoms with Crippen LogP contribution < -0.4 is 30.1 Å². The van der Waals surface area contributed by atoms with Crippen molar-refractivity contribution in [2.45, 2.75) is 33.0 Å². The van der Waals surface area contributed by atoms with Crippen molar-refractivity contribution in [1.29, 1.82) is 0 Å². The van der Waals surface area contributed by atoms with Crippen LogP contribution in [0.25, 0.3) is 94.5 Å². The van der Waals surface area contributed by atoms with E-state index in [9.17, 15) is 19.2 Å². The molecule has 0 radical (unpaired) electrons. The first-order chi connectivity index (χ1) is 50.2. The van der Waals surface area contributed by atoms with Crippen LogP contribution in [0.15, 0.2) is 273 Å². The topological polar surface area (TPSA) is 35.9 Å². The zero-order valence-corrected chi connectivity index (χ0v) is 48.2. The molecule has 4 heterocycles. The predicted molar refractivity (Wildman–Crippen MR) is 343 cm³/mol. The number of para-hydroxylation sites is 2. The molecule has 0 fully saturated rings. The van der Waals surface area contributed by atoms with Crippen LogP contribution in [0.4, 0.5) is 0 Å². The molecule has 0 N–H and O–H groups in total. The molecule has 0 amide bonds. The Hall–Kier alpha value is -9.45. The molecule has 15 rings (SSSR count). The maximum absolute atomic E-state index is 9.91. The summed E-state index contributed by atoms with van der Waals surface area (Å²) in [6.45, 7) is 3.57. The van der Waals surface area contributed by atoms with Crippen molar-refractivity contribution in [3.8, 4) is 73.2 Å². The van der Waals surface area contributed by atoms with Crippen molar-refractivity contribution in [2.75, 3.05) is 0 Å². The Balaban J connectivity index is 0.00000960. The molecule has 11 aromatic carbocycles. The normalized spacial score (nSPS) is 16.0. The quantitative estimate of drug-likeness (QED) is 0.0625. The fraction of sp³-hybridized carbons (Fsp3) is 0.0649. The second-order valence-corrected chi connectivity index (χ2v) is 24.7. The van der Waals surface area contributed by atoms with Crippen molar-refractivity contribution >= 4 is 61.7 Å². The Labute approximate surface area is 538 Å². The molecule has 7 heteroatoms. The average molecular weight is 1300 g/mol. The fourth-order valence-electron chi connectivity index (χ4n) is 11.8. The van der Waals surface area contributed by atoms with Gasteiger partial charge in [0.15, 0.2) is 19.1 Å². The number of aromatic nitrogens is 4. The monoisotopic (exact) mass is 1300 g/mol. The van der Waals surface area contributed by atoms with Gasteiger partial charge in [0.2, 0.25) is 0 Å². The van der Waals surface area contributed by atoms with Gasteiger partial charge in [-0.15, -0.1) is 29.7 Å². The van der Waals surface area contributed by atoms with E-state index in [2.05, 4.69) is 17.1 Å². The SMILES string of the molecule is [2H]c1c([2H])c([2H])c(-c2cc3c4c(c2)n(-c2[c-]c(Oc5[c-]c6c(cc5)c5ccccc5n6-c5cc(C([2H])([2H])[2H])ccn5)ccc2)c[n+]4-c2c(cccc2C(C)(C)C)-c2cc([Si](c4c([2H])c([2H])c([2H])c([2H])c4[2H])(c4c([2H])c([2H])c([2H])c([2H])c4[2H])c4c([2H])c([2H])c([2H])c([2H])c4[2H])ccc2-c2ccccc2-3)c([2H])c1[2H].[Pt]. The molecule has 5 nitrogen and oxygen atoms in total. The molecule has 3 aromatic heterocycles. The minimum absolute atomic E-state index is 0. The van der Waals surface area contributed by atoms with Crippen LogP contribution in [0.5, 0.6) is 11.5 Å². The van der Waals surface area contributed by atoms with Gasteiger partial charge in [0.25, 0.3) is 6.33 Å². The summed E-state index contributed by atoms with van der Waals surface area (Å²) in [4.78, 5) is 4.61. The van der Waals surface area contributed by atoms with Crippen LogP contribution >= 0.6 is 0 Å². The molecule has 14 aromatic rings. The maximum atomic E-state index is 9.91. The first kappa shape index (κ1) is 33.0. The number of ether oxygens (including phenoxy) is 1. The number of nitrogens with zero attached hydrogens (tertiary/aromatic N) is 4. The molecule has 0 bridgehead atoms. The predicted octanol–water partition coefficient (Wildman–Crippen LogP) is 15.8. The van der Waals surface area contributed by atoms with Crippen molar-refractivity contribution in [3.63, 3.8) is 0 Å². The Kier molecular flexibility index (Phi) is 8.28. The molecule has 0 saturated heterocycles. The summed E-state index contributed by atoms with van der Waals surface area (Å²) < 4.78 is 224. The molecular formula is C77H57N4OPtSi-. The Morgan fingerprint density at radius 2 is 1.15 bits per heavy atom. The Bertz CT molecular complexity index is 5920. The molecule has 406 valence electrons. The number of aryl methyl sites for hydroxylation is 1. The van der Waals surface area contributed by atoms with E-state index in [4.69, 9.17) is 17.1 Å². The number of fused-ring (bicyclic) bond motifs is 10. The second kappa shape index (κ2) is 21.1. The number of imidazole rings is 1. The van der Waals surface area contributed by atoms with Crippen LogP contribution in [0.2, 0.25) is 0 Å². The van der Waals surface area contributed by atoms with Crippen molar-refractivity contribution in [1.82, 2.24) is 14.1 Å². The zero-order valence-electron chi connectivity index (χ0n) is 67.9. The van der Waals surface area contributed by atoms with Gasteiger partial charge in [-0.05, 0) is 108 Å². The van der Waals surface area contributed by atoms with Gasteiger partial charge in [0.05, 0.1) is 27.4 Å². The van der Waals surface area contributed by atoms with Crippen molar-refractivity contribution < 1.29 is 61.9 Å². The third-order valence-corrected chi connectivity index (χ3v) is 19.5. The van der Waals surface area contributed by atoms with Crippen LogP contribution in [0.3, 0.4) is 0 Å². The summed E-state index contributed by atoms with van der Waals surface area (Å²) in [6.07, 6.45) is 3.25. The molecule has 0 spiro atoms. The molecule has 0 saturated carbocycles. The van der Waals surface area contributed by atoms with E-state index in [1.54, 1.807) is 60.7 Å². The number of hydrogen-bond acceptors (Lipinski definition) is 2. The van der Waals surface area contributed by atoms with Crippen LogP contribution in [-0.4, -0.2) is 22.2 Å². The van der Waals surface area contributed by atoms with Gasteiger partial charge in [0.1, 0.15) is 11.5 Å². The smallest absolute Gasteiger partial charge is 0.253 e. The van der Waals surface area contributed by atoms with E-state index in [1.165, 1.54) is 24.4 Å². The summed E-state index contributed by atoms with van der Waals surface area (Å²) in [5.74, 6) is 0.777. The molecule has 0 atom stereocenters. The van der Waals surface area contributed by atoms with Crippen LogP contribution in [-0.2, 0) is 26.5 Å². The Morgan fingerprint density at radius 3 is 1.86 bits per heavy atom. The van der Waals surface area contributed by atoms with Gasteiger partial charge in [-0.1, -0.05) is 232 Å². The largest absolute Gasteiger partial charge is 0.509 e. The summed E-state index contributed by atoms with van der Waals surface area (Å²) in [5, 5.41) is -0.492. The standard InChI is InChI=1S/C77H57N4OSi.Pt/c1-52-43-44-78-74(45-52)81-71-38-20-19-35-65(71)66-41-39-57(49-72(66)81)82-56-26-21-25-55(48-56)79-51-80-75-67(36-22-37-70(75)77(2,3)4)68-50-61(83(58-27-11-6-12-28-58,59-29-13-7-14-30-59)60-31-15-8-16-32-60)40-42-64(68)62-33-17-18-34-63(62)69-46-54(47-73(79)76(69)80)53-23-9-5-10-24-53;/h5-47,50-51H,1-4H3;/q-1;/i1D3,5D,6D,7D,8D,9D,10D,11D,12D,13D,14D,15D,16D,23D,24D,27D,28D,29D,30D,31D,32D;. The van der Waals surface area contributed by atoms with E-state index in [0.29, 0.717) is 72.7 Å². The van der Waals surface area contributed by atoms with Gasteiger partial charge < -0.3 is 9.30 Å². The molecule has 84 heavy (non-hydrogen) atoms. The first-order valence-corrected chi connectivity index (χ1v) is 28.6. The summed E-state index contributed by atoms with van der Waals surface area (Å²) in [5.41, 5.74) is 5.75. The number of pyridine rings is 1. The summed E-state index contributed by atoms with van der Waals surface area (Å²) >= 11 is 0. The van der Waals surface area contributed by atoms with Gasteiger partial charge in [-0.3, -0.25) is 0 Å². The van der Waals surface area contributed by atoms with E-state index in [0.717, 1.165) is 16.3 Å². The van der Waals surface area contributed by atoms with Crippen LogP contribution in [0, 0.1) is 19.0 Å². The molecule has 0 aliphatic carbocycles. The number of rotatable bonds is 9. The maximum Gasteiger partial charge on any atom is 0.253 e. The minimum atomic E-state index is -5.72. The number of hydrogen-bond donors (Lipinski definition) is 0. The van der Waals surface area contributed by atoms with E-state index < -0.39 is 157 Å².